The monoisotopic (exact) mass is 1770 g/mol. The van der Waals surface area contributed by atoms with Crippen LogP contribution >= 0.6 is 7.60 Å². The van der Waals surface area contributed by atoms with Gasteiger partial charge in [-0.05, 0) is 25.7 Å². The largest absolute Gasteiger partial charge is 0.382 e. The molecule has 0 rings (SSSR count). The Kier molecular flexibility index (Phi) is 107. The Bertz CT molecular complexity index is 1950. The van der Waals surface area contributed by atoms with E-state index in [4.69, 9.17) is 123 Å². The van der Waals surface area contributed by atoms with Crippen LogP contribution in [0.1, 0.15) is 239 Å². The van der Waals surface area contributed by atoms with Gasteiger partial charge in [-0.2, -0.15) is 0 Å². The number of methoxy groups -OCH3 is 1. The Morgan fingerprint density at radius 1 is 0.207 bits per heavy atom. The van der Waals surface area contributed by atoms with Gasteiger partial charge in [0.2, 0.25) is 5.91 Å². The molecule has 1 N–H and O–H groups in total. The average molecular weight is 1770 g/mol. The summed E-state index contributed by atoms with van der Waals surface area (Å²) in [6.07, 6.45) is 42.7. The Morgan fingerprint density at radius 3 is 0.537 bits per heavy atom. The molecule has 30 heteroatoms. The fourth-order valence-electron chi connectivity index (χ4n) is 11.9. The lowest BCUT2D eigenvalue weighted by Crippen LogP contribution is -2.27. The lowest BCUT2D eigenvalue weighted by atomic mass is 10.0. The van der Waals surface area contributed by atoms with E-state index in [9.17, 15) is 9.36 Å². The molecule has 0 aromatic carbocycles. The van der Waals surface area contributed by atoms with Crippen LogP contribution in [0.3, 0.4) is 0 Å². The molecule has 0 atom stereocenters. The molecule has 0 saturated heterocycles. The van der Waals surface area contributed by atoms with E-state index < -0.39 is 7.60 Å². The topological polar surface area (TPSA) is 286 Å². The third-order valence-electron chi connectivity index (χ3n) is 19.0. The predicted molar refractivity (Wildman–Crippen MR) is 475 cm³/mol. The maximum absolute atomic E-state index is 14.2. The molecular weight excluding hydrogens is 1590 g/mol. The van der Waals surface area contributed by atoms with Crippen molar-refractivity contribution in [3.63, 3.8) is 0 Å². The van der Waals surface area contributed by atoms with Crippen molar-refractivity contribution in [2.45, 2.75) is 239 Å². The minimum absolute atomic E-state index is 0.0800. The molecule has 0 aromatic heterocycles. The molecule has 0 aromatic rings. The van der Waals surface area contributed by atoms with Crippen molar-refractivity contribution < 1.29 is 132 Å². The van der Waals surface area contributed by atoms with E-state index in [0.717, 1.165) is 25.7 Å². The zero-order chi connectivity index (χ0) is 86.9. The van der Waals surface area contributed by atoms with Gasteiger partial charge >= 0.3 is 7.60 Å². The summed E-state index contributed by atoms with van der Waals surface area (Å²) in [4.78, 5) is 12.7. The first-order valence-electron chi connectivity index (χ1n) is 47.6. The molecule has 0 spiro atoms. The van der Waals surface area contributed by atoms with Crippen molar-refractivity contribution in [3.8, 4) is 0 Å². The average Bonchev–Trinajstić information content (AvgIpc) is 0.859. The van der Waals surface area contributed by atoms with Crippen LogP contribution in [0.25, 0.3) is 0 Å². The number of carbonyl (C=O) groups excluding carboxylic acids is 1. The highest BCUT2D eigenvalue weighted by atomic mass is 31.2. The first-order chi connectivity index (χ1) is 60.0. The van der Waals surface area contributed by atoms with Crippen molar-refractivity contribution in [2.75, 3.05) is 337 Å². The number of allylic oxidation sites excluding steroid dienone is 1. The first kappa shape index (κ1) is 119. The third-order valence-corrected chi connectivity index (χ3v) is 21.0. The van der Waals surface area contributed by atoms with Gasteiger partial charge in [0.15, 0.2) is 0 Å². The quantitative estimate of drug-likeness (QED) is 0.0437. The number of rotatable bonds is 113. The van der Waals surface area contributed by atoms with E-state index in [2.05, 4.69) is 25.7 Å². The summed E-state index contributed by atoms with van der Waals surface area (Å²) >= 11 is 0. The van der Waals surface area contributed by atoms with Crippen LogP contribution in [0.2, 0.25) is 0 Å². The first-order valence-corrected chi connectivity index (χ1v) is 49.1. The Labute approximate surface area is 735 Å². The smallest absolute Gasteiger partial charge is 0.356 e. The SMILES string of the molecule is C=C(CCCC(=O)NCCOCCOCCOCCOCCOCCOCCOCCOCCOCCOCCOCCOCCOCCOCCOCCOCCOCCOCCOCCOCCOCCOCCOCCOC)P(=O)(OCCCCCCCCCCCCCCCCCC)OCCCCCCCCCCCCCCCCCC. The van der Waals surface area contributed by atoms with Gasteiger partial charge in [0.25, 0.3) is 0 Å². The third kappa shape index (κ3) is 104. The summed E-state index contributed by atoms with van der Waals surface area (Å²) in [5.41, 5.74) is 0. The minimum Gasteiger partial charge on any atom is -0.382 e. The standard InChI is InChI=1S/C91H182NO28P/c1-5-7-9-11-13-15-17-19-21-23-25-27-29-31-33-35-41-119-121(94,120-42-36-34-32-30-28-26-24-22-20-18-16-14-12-10-8-6-2)90(3)38-37-39-91(93)92-40-43-96-46-47-98-50-51-100-54-55-102-58-59-104-62-63-106-66-67-108-70-71-110-74-75-112-78-79-114-82-83-116-86-87-118-89-88-117-85-84-115-81-80-113-77-76-111-73-72-109-69-68-107-65-64-105-61-60-103-57-56-101-53-52-99-49-48-97-45-44-95-4/h3,5-89H2,1-2,4H3,(H,92,93). The highest BCUT2D eigenvalue weighted by molar-refractivity contribution is 7.58. The Morgan fingerprint density at radius 2 is 0.364 bits per heavy atom. The van der Waals surface area contributed by atoms with Gasteiger partial charge in [-0.3, -0.25) is 9.36 Å². The molecule has 0 aliphatic rings. The lowest BCUT2D eigenvalue weighted by Gasteiger charge is -2.21. The number of carbonyl (C=O) groups is 1. The molecular formula is C91H182NO28P. The van der Waals surface area contributed by atoms with Crippen molar-refractivity contribution in [1.82, 2.24) is 5.32 Å². The summed E-state index contributed by atoms with van der Waals surface area (Å²) in [6, 6.07) is 0. The highest BCUT2D eigenvalue weighted by Gasteiger charge is 2.29. The molecule has 0 fully saturated rings. The fraction of sp³-hybridized carbons (Fsp3) is 0.967. The van der Waals surface area contributed by atoms with Gasteiger partial charge in [-0.1, -0.05) is 213 Å². The molecule has 0 saturated carbocycles. The molecule has 0 aliphatic carbocycles. The second kappa shape index (κ2) is 109. The van der Waals surface area contributed by atoms with Crippen LogP contribution in [0.15, 0.2) is 11.9 Å². The van der Waals surface area contributed by atoms with E-state index in [1.807, 2.05) is 0 Å². The number of unbranched alkanes of at least 4 members (excludes halogenated alkanes) is 30. The van der Waals surface area contributed by atoms with E-state index in [1.54, 1.807) is 7.11 Å². The van der Waals surface area contributed by atoms with Crippen molar-refractivity contribution >= 4 is 13.5 Å². The summed E-state index contributed by atoms with van der Waals surface area (Å²) in [6.45, 7) is 32.7. The van der Waals surface area contributed by atoms with E-state index in [0.29, 0.717) is 355 Å². The molecule has 0 bridgehead atoms. The van der Waals surface area contributed by atoms with Crippen LogP contribution < -0.4 is 5.32 Å². The van der Waals surface area contributed by atoms with Gasteiger partial charge in [-0.25, -0.2) is 0 Å². The van der Waals surface area contributed by atoms with Crippen molar-refractivity contribution in [2.24, 2.45) is 0 Å². The number of hydrogen-bond acceptors (Lipinski definition) is 28. The molecule has 121 heavy (non-hydrogen) atoms. The van der Waals surface area contributed by atoms with Crippen LogP contribution in [-0.4, -0.2) is 343 Å². The van der Waals surface area contributed by atoms with E-state index in [-0.39, 0.29) is 5.91 Å². The summed E-state index contributed by atoms with van der Waals surface area (Å²) in [5, 5.41) is 3.39. The highest BCUT2D eigenvalue weighted by Crippen LogP contribution is 2.57. The molecule has 0 aliphatic heterocycles. The zero-order valence-electron chi connectivity index (χ0n) is 77.2. The van der Waals surface area contributed by atoms with Crippen molar-refractivity contribution in [3.05, 3.63) is 11.9 Å². The van der Waals surface area contributed by atoms with Crippen LogP contribution in [0.4, 0.5) is 0 Å². The van der Waals surface area contributed by atoms with Gasteiger partial charge in [0, 0.05) is 25.4 Å². The Balaban J connectivity index is 3.58. The minimum atomic E-state index is -3.52. The van der Waals surface area contributed by atoms with E-state index in [1.165, 1.54) is 180 Å². The van der Waals surface area contributed by atoms with Crippen LogP contribution in [0, 0.1) is 0 Å². The number of nitrogens with one attached hydrogen (secondary N) is 1. The molecule has 724 valence electrons. The molecule has 0 unspecified atom stereocenters. The molecule has 0 heterocycles. The van der Waals surface area contributed by atoms with Crippen molar-refractivity contribution in [1.29, 1.82) is 0 Å². The zero-order valence-corrected chi connectivity index (χ0v) is 78.1. The van der Waals surface area contributed by atoms with Crippen LogP contribution in [0.5, 0.6) is 0 Å². The molecule has 29 nitrogen and oxygen atoms in total. The summed E-state index contributed by atoms with van der Waals surface area (Å²) in [5.74, 6) is -0.0800. The van der Waals surface area contributed by atoms with Gasteiger partial charge in [0.05, 0.1) is 324 Å². The lowest BCUT2D eigenvalue weighted by molar-refractivity contribution is -0.121. The Hall–Kier alpha value is -1.60. The van der Waals surface area contributed by atoms with Gasteiger partial charge < -0.3 is 128 Å². The van der Waals surface area contributed by atoms with Gasteiger partial charge in [-0.15, -0.1) is 0 Å². The second-order valence-electron chi connectivity index (χ2n) is 29.6. The normalized spacial score (nSPS) is 11.9. The van der Waals surface area contributed by atoms with E-state index >= 15 is 0 Å². The number of amides is 1. The second-order valence-corrected chi connectivity index (χ2v) is 31.8. The summed E-state index contributed by atoms with van der Waals surface area (Å²) < 4.78 is 159. The number of hydrogen-bond donors (Lipinski definition) is 1. The molecule has 1 amide bonds. The predicted octanol–water partition coefficient (Wildman–Crippen LogP) is 15.6. The maximum Gasteiger partial charge on any atom is 0.356 e. The number of ether oxygens (including phenoxy) is 24. The van der Waals surface area contributed by atoms with Gasteiger partial charge in [0.1, 0.15) is 0 Å². The summed E-state index contributed by atoms with van der Waals surface area (Å²) in [7, 11) is -1.87. The maximum atomic E-state index is 14.2. The van der Waals surface area contributed by atoms with Crippen LogP contribution in [-0.2, 0) is 132 Å². The fourth-order valence-corrected chi connectivity index (χ4v) is 13.5. The molecule has 0 radical (unpaired) electrons.